The molecule has 0 radical (unpaired) electrons. The quantitative estimate of drug-likeness (QED) is 0.552. The van der Waals surface area contributed by atoms with E-state index >= 15 is 0 Å². The number of methoxy groups -OCH3 is 2. The van der Waals surface area contributed by atoms with E-state index in [0.717, 1.165) is 50.5 Å². The van der Waals surface area contributed by atoms with Crippen molar-refractivity contribution in [2.24, 2.45) is 0 Å². The van der Waals surface area contributed by atoms with E-state index in [4.69, 9.17) is 9.47 Å². The van der Waals surface area contributed by atoms with Gasteiger partial charge >= 0.3 is 0 Å². The summed E-state index contributed by atoms with van der Waals surface area (Å²) in [5.41, 5.74) is 2.36. The van der Waals surface area contributed by atoms with Crippen LogP contribution in [0.5, 0.6) is 11.5 Å². The Balaban J connectivity index is 1.66. The number of benzene rings is 2. The predicted octanol–water partition coefficient (Wildman–Crippen LogP) is 2.27. The first-order chi connectivity index (χ1) is 15.2. The molecule has 1 fully saturated rings. The number of likely N-dealkylation sites (N-methyl/N-ethyl adjacent to an activating group) is 1. The molecule has 8 nitrogen and oxygen atoms in total. The number of rotatable bonds is 8. The lowest BCUT2D eigenvalue weighted by atomic mass is 10.0. The Morgan fingerprint density at radius 1 is 0.935 bits per heavy atom. The van der Waals surface area contributed by atoms with E-state index < -0.39 is 0 Å². The molecule has 1 atom stereocenters. The Bertz CT molecular complexity index is 969. The molecular formula is C23H30N6O2. The van der Waals surface area contributed by atoms with Crippen LogP contribution in [0.15, 0.2) is 48.5 Å². The number of hydrogen-bond acceptors (Lipinski definition) is 7. The molecule has 1 saturated heterocycles. The van der Waals surface area contributed by atoms with Crippen molar-refractivity contribution in [3.63, 3.8) is 0 Å². The largest absolute Gasteiger partial charge is 0.493 e. The second-order valence-corrected chi connectivity index (χ2v) is 7.85. The Morgan fingerprint density at radius 3 is 2.39 bits per heavy atom. The normalized spacial score (nSPS) is 16.2. The summed E-state index contributed by atoms with van der Waals surface area (Å²) in [4.78, 5) is 4.80. The lowest BCUT2D eigenvalue weighted by molar-refractivity contribution is 0.121. The zero-order chi connectivity index (χ0) is 21.6. The summed E-state index contributed by atoms with van der Waals surface area (Å²) < 4.78 is 13.0. The first kappa shape index (κ1) is 21.3. The highest BCUT2D eigenvalue weighted by Crippen LogP contribution is 2.34. The molecule has 0 N–H and O–H groups in total. The zero-order valence-electron chi connectivity index (χ0n) is 18.4. The van der Waals surface area contributed by atoms with Crippen molar-refractivity contribution in [2.75, 3.05) is 47.4 Å². The minimum absolute atomic E-state index is 0.0562. The van der Waals surface area contributed by atoms with Gasteiger partial charge in [-0.2, -0.15) is 0 Å². The molecule has 0 amide bonds. The molecule has 31 heavy (non-hydrogen) atoms. The first-order valence-electron chi connectivity index (χ1n) is 10.6. The van der Waals surface area contributed by atoms with Crippen LogP contribution in [0.25, 0.3) is 0 Å². The van der Waals surface area contributed by atoms with E-state index in [9.17, 15) is 0 Å². The maximum atomic E-state index is 5.57. The molecule has 0 bridgehead atoms. The van der Waals surface area contributed by atoms with Crippen molar-refractivity contribution in [3.05, 3.63) is 65.5 Å². The number of tetrazole rings is 1. The fraction of sp³-hybridized carbons (Fsp3) is 0.435. The van der Waals surface area contributed by atoms with Gasteiger partial charge in [0.25, 0.3) is 0 Å². The predicted molar refractivity (Wildman–Crippen MR) is 118 cm³/mol. The third-order valence-electron chi connectivity index (χ3n) is 5.89. The maximum absolute atomic E-state index is 5.57. The molecule has 2 heterocycles. The van der Waals surface area contributed by atoms with Gasteiger partial charge in [0.15, 0.2) is 17.3 Å². The van der Waals surface area contributed by atoms with Crippen LogP contribution in [-0.2, 0) is 13.0 Å². The van der Waals surface area contributed by atoms with Crippen LogP contribution >= 0.6 is 0 Å². The third-order valence-corrected chi connectivity index (χ3v) is 5.89. The standard InChI is InChI=1S/C23H30N6O2/c1-27-13-15-28(16-14-27)22(19-9-10-20(30-2)21(17-19)31-3)23-24-25-26-29(23)12-11-18-7-5-4-6-8-18/h4-10,17,22H,11-16H2,1-3H3/t22-/m0/s1. The molecule has 0 aliphatic carbocycles. The molecule has 0 spiro atoms. The lowest BCUT2D eigenvalue weighted by Crippen LogP contribution is -2.46. The summed E-state index contributed by atoms with van der Waals surface area (Å²) in [7, 11) is 5.47. The second-order valence-electron chi connectivity index (χ2n) is 7.85. The highest BCUT2D eigenvalue weighted by atomic mass is 16.5. The summed E-state index contributed by atoms with van der Waals surface area (Å²) in [6.45, 7) is 4.64. The number of aryl methyl sites for hydroxylation is 2. The van der Waals surface area contributed by atoms with Gasteiger partial charge < -0.3 is 14.4 Å². The van der Waals surface area contributed by atoms with Crippen LogP contribution in [0.1, 0.15) is 23.0 Å². The molecule has 1 aliphatic heterocycles. The molecule has 2 aromatic carbocycles. The molecule has 3 aromatic rings. The fourth-order valence-electron chi connectivity index (χ4n) is 4.07. The number of nitrogens with zero attached hydrogens (tertiary/aromatic N) is 6. The number of aromatic nitrogens is 4. The monoisotopic (exact) mass is 422 g/mol. The van der Waals surface area contributed by atoms with Crippen LogP contribution in [-0.4, -0.2) is 77.5 Å². The van der Waals surface area contributed by atoms with Crippen molar-refractivity contribution in [1.82, 2.24) is 30.0 Å². The van der Waals surface area contributed by atoms with Crippen molar-refractivity contribution < 1.29 is 9.47 Å². The number of piperazine rings is 1. The smallest absolute Gasteiger partial charge is 0.173 e. The van der Waals surface area contributed by atoms with Gasteiger partial charge in [-0.1, -0.05) is 36.4 Å². The average molecular weight is 423 g/mol. The van der Waals surface area contributed by atoms with E-state index in [1.54, 1.807) is 14.2 Å². The van der Waals surface area contributed by atoms with Crippen molar-refractivity contribution in [1.29, 1.82) is 0 Å². The van der Waals surface area contributed by atoms with Crippen LogP contribution < -0.4 is 9.47 Å². The Hall–Kier alpha value is -2.97. The van der Waals surface area contributed by atoms with Crippen LogP contribution in [0.3, 0.4) is 0 Å². The Morgan fingerprint density at radius 2 is 1.68 bits per heavy atom. The van der Waals surface area contributed by atoms with Gasteiger partial charge in [0.1, 0.15) is 0 Å². The minimum Gasteiger partial charge on any atom is -0.493 e. The van der Waals surface area contributed by atoms with Crippen LogP contribution in [0.2, 0.25) is 0 Å². The molecule has 0 unspecified atom stereocenters. The Kier molecular flexibility index (Phi) is 6.79. The van der Waals surface area contributed by atoms with Gasteiger partial charge in [0.2, 0.25) is 0 Å². The zero-order valence-corrected chi connectivity index (χ0v) is 18.4. The number of hydrogen-bond donors (Lipinski definition) is 0. The highest BCUT2D eigenvalue weighted by Gasteiger charge is 2.30. The fourth-order valence-corrected chi connectivity index (χ4v) is 4.07. The van der Waals surface area contributed by atoms with E-state index in [0.29, 0.717) is 11.5 Å². The van der Waals surface area contributed by atoms with E-state index in [-0.39, 0.29) is 6.04 Å². The minimum atomic E-state index is -0.0562. The molecule has 4 rings (SSSR count). The molecule has 1 aliphatic rings. The molecule has 164 valence electrons. The van der Waals surface area contributed by atoms with Crippen LogP contribution in [0.4, 0.5) is 0 Å². The van der Waals surface area contributed by atoms with E-state index in [2.05, 4.69) is 62.7 Å². The van der Waals surface area contributed by atoms with Gasteiger partial charge in [-0.05, 0) is 47.2 Å². The third kappa shape index (κ3) is 4.86. The van der Waals surface area contributed by atoms with Crippen LogP contribution in [0, 0.1) is 0 Å². The summed E-state index contributed by atoms with van der Waals surface area (Å²) >= 11 is 0. The van der Waals surface area contributed by atoms with E-state index in [1.165, 1.54) is 5.56 Å². The Labute approximate surface area is 183 Å². The topological polar surface area (TPSA) is 68.5 Å². The van der Waals surface area contributed by atoms with Crippen molar-refractivity contribution in [2.45, 2.75) is 19.0 Å². The molecule has 8 heteroatoms. The average Bonchev–Trinajstić information content (AvgIpc) is 3.27. The summed E-state index contributed by atoms with van der Waals surface area (Å²) in [5, 5.41) is 12.8. The van der Waals surface area contributed by atoms with Crippen molar-refractivity contribution in [3.8, 4) is 11.5 Å². The van der Waals surface area contributed by atoms with Gasteiger partial charge in [-0.3, -0.25) is 4.90 Å². The molecule has 1 aromatic heterocycles. The maximum Gasteiger partial charge on any atom is 0.173 e. The van der Waals surface area contributed by atoms with Gasteiger partial charge in [-0.25, -0.2) is 4.68 Å². The first-order valence-corrected chi connectivity index (χ1v) is 10.6. The lowest BCUT2D eigenvalue weighted by Gasteiger charge is -2.37. The number of ether oxygens (including phenoxy) is 2. The molecular weight excluding hydrogens is 392 g/mol. The van der Waals surface area contributed by atoms with Gasteiger partial charge in [0.05, 0.1) is 20.3 Å². The summed E-state index contributed by atoms with van der Waals surface area (Å²) in [5.74, 6) is 2.28. The highest BCUT2D eigenvalue weighted by molar-refractivity contribution is 5.45. The van der Waals surface area contributed by atoms with Gasteiger partial charge in [0, 0.05) is 32.7 Å². The molecule has 0 saturated carbocycles. The second kappa shape index (κ2) is 9.89. The van der Waals surface area contributed by atoms with Crippen molar-refractivity contribution >= 4 is 0 Å². The van der Waals surface area contributed by atoms with E-state index in [1.807, 2.05) is 22.9 Å². The SMILES string of the molecule is COc1ccc([C@@H](c2nnnn2CCc2ccccc2)N2CCN(C)CC2)cc1OC. The summed E-state index contributed by atoms with van der Waals surface area (Å²) in [6, 6.07) is 16.4. The van der Waals surface area contributed by atoms with Gasteiger partial charge in [-0.15, -0.1) is 5.10 Å². The summed E-state index contributed by atoms with van der Waals surface area (Å²) in [6.07, 6.45) is 0.875.